The van der Waals surface area contributed by atoms with Crippen molar-refractivity contribution in [2.24, 2.45) is 7.05 Å². The average Bonchev–Trinajstić information content (AvgIpc) is 2.62. The minimum absolute atomic E-state index is 0.0113. The molecule has 7 nitrogen and oxygen atoms in total. The molecule has 1 aromatic rings. The Morgan fingerprint density at radius 1 is 1.75 bits per heavy atom. The molecule has 0 bridgehead atoms. The number of aryl methyl sites for hydroxylation is 1. The van der Waals surface area contributed by atoms with Gasteiger partial charge in [0.1, 0.15) is 12.3 Å². The maximum absolute atomic E-state index is 10.7. The summed E-state index contributed by atoms with van der Waals surface area (Å²) in [5, 5.41) is 17.8. The molecule has 0 aromatic carbocycles. The van der Waals surface area contributed by atoms with Gasteiger partial charge < -0.3 is 10.1 Å². The molecule has 1 aliphatic heterocycles. The highest BCUT2D eigenvalue weighted by atomic mass is 16.6. The van der Waals surface area contributed by atoms with Crippen LogP contribution in [-0.2, 0) is 7.05 Å². The maximum Gasteiger partial charge on any atom is 0.350 e. The molecule has 16 heavy (non-hydrogen) atoms. The molecule has 0 aliphatic carbocycles. The number of nitrogens with zero attached hydrogens (tertiary/aromatic N) is 3. The van der Waals surface area contributed by atoms with Crippen molar-refractivity contribution in [3.8, 4) is 5.88 Å². The molecule has 2 heterocycles. The Bertz CT molecular complexity index is 384. The topological polar surface area (TPSA) is 82.2 Å². The van der Waals surface area contributed by atoms with Crippen LogP contribution < -0.4 is 10.1 Å². The van der Waals surface area contributed by atoms with Gasteiger partial charge in [-0.1, -0.05) is 0 Å². The first-order chi connectivity index (χ1) is 7.68. The van der Waals surface area contributed by atoms with Crippen molar-refractivity contribution in [3.05, 3.63) is 16.3 Å². The van der Waals surface area contributed by atoms with Gasteiger partial charge in [0.2, 0.25) is 0 Å². The van der Waals surface area contributed by atoms with Crippen molar-refractivity contribution in [2.45, 2.75) is 18.9 Å². The van der Waals surface area contributed by atoms with Crippen LogP contribution >= 0.6 is 0 Å². The van der Waals surface area contributed by atoms with Gasteiger partial charge in [0.25, 0.3) is 5.88 Å². The van der Waals surface area contributed by atoms with Gasteiger partial charge in [-0.05, 0) is 19.4 Å². The molecule has 0 saturated carbocycles. The zero-order valence-electron chi connectivity index (χ0n) is 9.05. The van der Waals surface area contributed by atoms with E-state index in [1.54, 1.807) is 7.05 Å². The Morgan fingerprint density at radius 2 is 2.56 bits per heavy atom. The van der Waals surface area contributed by atoms with E-state index in [1.807, 2.05) is 0 Å². The van der Waals surface area contributed by atoms with Gasteiger partial charge in [0.15, 0.2) is 0 Å². The Kier molecular flexibility index (Phi) is 3.04. The predicted octanol–water partition coefficient (Wildman–Crippen LogP) is 0.459. The summed E-state index contributed by atoms with van der Waals surface area (Å²) in [5.74, 6) is 0.235. The van der Waals surface area contributed by atoms with E-state index in [0.717, 1.165) is 25.9 Å². The first-order valence-corrected chi connectivity index (χ1v) is 5.22. The van der Waals surface area contributed by atoms with E-state index in [2.05, 4.69) is 10.4 Å². The molecular formula is C9H14N4O3. The minimum atomic E-state index is -0.474. The van der Waals surface area contributed by atoms with Gasteiger partial charge in [-0.3, -0.25) is 10.1 Å². The Balaban J connectivity index is 2.12. The average molecular weight is 226 g/mol. The van der Waals surface area contributed by atoms with Crippen molar-refractivity contribution in [3.63, 3.8) is 0 Å². The van der Waals surface area contributed by atoms with E-state index in [4.69, 9.17) is 4.74 Å². The number of aromatic nitrogens is 2. The number of ether oxygens (including phenoxy) is 1. The lowest BCUT2D eigenvalue weighted by atomic mass is 10.1. The summed E-state index contributed by atoms with van der Waals surface area (Å²) in [6.07, 6.45) is 3.14. The Labute approximate surface area is 92.5 Å². The van der Waals surface area contributed by atoms with Crippen LogP contribution in [0.2, 0.25) is 0 Å². The number of nitro groups is 1. The highest BCUT2D eigenvalue weighted by molar-refractivity contribution is 5.39. The largest absolute Gasteiger partial charge is 0.468 e. The maximum atomic E-state index is 10.7. The molecule has 0 spiro atoms. The van der Waals surface area contributed by atoms with Gasteiger partial charge >= 0.3 is 5.69 Å². The Morgan fingerprint density at radius 3 is 3.19 bits per heavy atom. The molecule has 1 atom stereocenters. The van der Waals surface area contributed by atoms with Gasteiger partial charge in [0.05, 0.1) is 4.92 Å². The monoisotopic (exact) mass is 226 g/mol. The predicted molar refractivity (Wildman–Crippen MR) is 56.4 cm³/mol. The van der Waals surface area contributed by atoms with E-state index in [9.17, 15) is 10.1 Å². The number of rotatable bonds is 3. The third kappa shape index (κ3) is 2.13. The second kappa shape index (κ2) is 4.48. The molecule has 1 aromatic heterocycles. The highest BCUT2D eigenvalue weighted by Crippen LogP contribution is 2.27. The third-order valence-corrected chi connectivity index (χ3v) is 2.59. The number of piperidine rings is 1. The van der Waals surface area contributed by atoms with Crippen molar-refractivity contribution >= 4 is 5.69 Å². The minimum Gasteiger partial charge on any atom is -0.468 e. The van der Waals surface area contributed by atoms with Crippen molar-refractivity contribution in [1.29, 1.82) is 0 Å². The molecule has 2 rings (SSSR count). The lowest BCUT2D eigenvalue weighted by Gasteiger charge is -2.23. The first-order valence-electron chi connectivity index (χ1n) is 5.22. The lowest BCUT2D eigenvalue weighted by molar-refractivity contribution is -0.386. The van der Waals surface area contributed by atoms with Crippen LogP contribution in [-0.4, -0.2) is 33.9 Å². The quantitative estimate of drug-likeness (QED) is 0.598. The summed E-state index contributed by atoms with van der Waals surface area (Å²) in [6.45, 7) is 1.70. The van der Waals surface area contributed by atoms with Crippen molar-refractivity contribution < 1.29 is 9.66 Å². The van der Waals surface area contributed by atoms with Crippen LogP contribution in [0.4, 0.5) is 5.69 Å². The van der Waals surface area contributed by atoms with Gasteiger partial charge in [-0.25, -0.2) is 4.68 Å². The highest BCUT2D eigenvalue weighted by Gasteiger charge is 2.24. The normalized spacial score (nSPS) is 20.7. The lowest BCUT2D eigenvalue weighted by Crippen LogP contribution is -2.37. The second-order valence-electron chi connectivity index (χ2n) is 3.80. The van der Waals surface area contributed by atoms with Gasteiger partial charge in [-0.2, -0.15) is 5.10 Å². The fraction of sp³-hybridized carbons (Fsp3) is 0.667. The van der Waals surface area contributed by atoms with E-state index < -0.39 is 4.92 Å². The zero-order chi connectivity index (χ0) is 11.5. The van der Waals surface area contributed by atoms with Crippen LogP contribution in [0.25, 0.3) is 0 Å². The van der Waals surface area contributed by atoms with Crippen molar-refractivity contribution in [1.82, 2.24) is 15.1 Å². The molecule has 1 unspecified atom stereocenters. The molecular weight excluding hydrogens is 212 g/mol. The summed E-state index contributed by atoms with van der Waals surface area (Å²) < 4.78 is 7.01. The van der Waals surface area contributed by atoms with Crippen LogP contribution in [0.5, 0.6) is 5.88 Å². The van der Waals surface area contributed by atoms with Crippen LogP contribution in [0.1, 0.15) is 12.8 Å². The molecule has 88 valence electrons. The van der Waals surface area contributed by atoms with E-state index >= 15 is 0 Å². The molecule has 7 heteroatoms. The smallest absolute Gasteiger partial charge is 0.350 e. The van der Waals surface area contributed by atoms with Crippen LogP contribution in [0.3, 0.4) is 0 Å². The van der Waals surface area contributed by atoms with E-state index in [1.165, 1.54) is 10.9 Å². The van der Waals surface area contributed by atoms with E-state index in [0.29, 0.717) is 0 Å². The number of hydrogen-bond donors (Lipinski definition) is 1. The first kappa shape index (κ1) is 10.9. The van der Waals surface area contributed by atoms with Crippen LogP contribution in [0.15, 0.2) is 6.20 Å². The third-order valence-electron chi connectivity index (χ3n) is 2.59. The molecule has 1 aliphatic rings. The zero-order valence-corrected chi connectivity index (χ0v) is 9.05. The SMILES string of the molecule is Cn1ncc([N+](=O)[O-])c1OC1CCCNC1. The molecule has 0 amide bonds. The summed E-state index contributed by atoms with van der Waals surface area (Å²) in [5.41, 5.74) is -0.0759. The van der Waals surface area contributed by atoms with Gasteiger partial charge in [-0.15, -0.1) is 0 Å². The Hall–Kier alpha value is -1.63. The summed E-state index contributed by atoms with van der Waals surface area (Å²) >= 11 is 0. The molecule has 1 saturated heterocycles. The summed E-state index contributed by atoms with van der Waals surface area (Å²) in [4.78, 5) is 10.3. The fourth-order valence-electron chi connectivity index (χ4n) is 1.75. The fourth-order valence-corrected chi connectivity index (χ4v) is 1.75. The summed E-state index contributed by atoms with van der Waals surface area (Å²) in [7, 11) is 1.64. The number of hydrogen-bond acceptors (Lipinski definition) is 5. The second-order valence-corrected chi connectivity index (χ2v) is 3.80. The van der Waals surface area contributed by atoms with E-state index in [-0.39, 0.29) is 17.7 Å². The summed E-state index contributed by atoms with van der Waals surface area (Å²) in [6, 6.07) is 0. The number of nitrogens with one attached hydrogen (secondary N) is 1. The molecule has 1 N–H and O–H groups in total. The standard InChI is InChI=1S/C9H14N4O3/c1-12-9(8(6-11-12)13(14)15)16-7-3-2-4-10-5-7/h6-7,10H,2-5H2,1H3. The molecule has 1 fully saturated rings. The van der Waals surface area contributed by atoms with Crippen LogP contribution in [0, 0.1) is 10.1 Å². The molecule has 0 radical (unpaired) electrons. The van der Waals surface area contributed by atoms with Gasteiger partial charge in [0, 0.05) is 13.6 Å². The van der Waals surface area contributed by atoms with Crippen molar-refractivity contribution in [2.75, 3.05) is 13.1 Å².